The zero-order valence-electron chi connectivity index (χ0n) is 16.5. The van der Waals surface area contributed by atoms with E-state index in [1.54, 1.807) is 29.2 Å². The van der Waals surface area contributed by atoms with Crippen LogP contribution in [0.3, 0.4) is 0 Å². The predicted octanol–water partition coefficient (Wildman–Crippen LogP) is 4.19. The molecule has 2 amide bonds. The molecule has 1 heterocycles. The fourth-order valence-corrected chi connectivity index (χ4v) is 3.40. The van der Waals surface area contributed by atoms with Crippen molar-refractivity contribution in [2.24, 2.45) is 5.92 Å². The van der Waals surface area contributed by atoms with Gasteiger partial charge in [-0.2, -0.15) is 0 Å². The summed E-state index contributed by atoms with van der Waals surface area (Å²) in [6.07, 6.45) is 1.15. The molecular weight excluding hydrogens is 427 g/mol. The second kappa shape index (κ2) is 11.1. The second-order valence-corrected chi connectivity index (χ2v) is 8.01. The van der Waals surface area contributed by atoms with Gasteiger partial charge in [0.1, 0.15) is 5.75 Å². The Morgan fingerprint density at radius 1 is 1.03 bits per heavy atom. The number of likely N-dealkylation sites (tertiary alicyclic amines) is 1. The van der Waals surface area contributed by atoms with Crippen LogP contribution in [0.2, 0.25) is 10.0 Å². The van der Waals surface area contributed by atoms with Crippen molar-refractivity contribution in [2.45, 2.75) is 12.8 Å². The highest BCUT2D eigenvalue weighted by Crippen LogP contribution is 2.17. The van der Waals surface area contributed by atoms with Gasteiger partial charge in [-0.05, 0) is 54.3 Å². The van der Waals surface area contributed by atoms with Crippen LogP contribution in [0.5, 0.6) is 5.75 Å². The van der Waals surface area contributed by atoms with E-state index in [4.69, 9.17) is 32.7 Å². The van der Waals surface area contributed by atoms with Gasteiger partial charge in [0, 0.05) is 36.1 Å². The molecule has 0 saturated carbocycles. The maximum atomic E-state index is 12.2. The molecule has 0 aliphatic carbocycles. The fraction of sp³-hybridized carbons (Fsp3) is 0.364. The molecule has 2 aromatic rings. The van der Waals surface area contributed by atoms with E-state index in [-0.39, 0.29) is 24.5 Å². The predicted molar refractivity (Wildman–Crippen MR) is 116 cm³/mol. The van der Waals surface area contributed by atoms with Gasteiger partial charge in [0.25, 0.3) is 5.91 Å². The fourth-order valence-electron chi connectivity index (χ4n) is 3.15. The van der Waals surface area contributed by atoms with Gasteiger partial charge in [-0.3, -0.25) is 4.79 Å². The smallest absolute Gasteiger partial charge is 0.409 e. The molecule has 2 aromatic carbocycles. The summed E-state index contributed by atoms with van der Waals surface area (Å²) >= 11 is 11.7. The maximum absolute atomic E-state index is 12.2. The van der Waals surface area contributed by atoms with Gasteiger partial charge in [-0.25, -0.2) is 4.79 Å². The van der Waals surface area contributed by atoms with E-state index in [1.165, 1.54) is 0 Å². The molecule has 0 spiro atoms. The van der Waals surface area contributed by atoms with Crippen molar-refractivity contribution in [3.63, 3.8) is 0 Å². The average Bonchev–Trinajstić information content (AvgIpc) is 3.22. The number of hydrogen-bond donors (Lipinski definition) is 1. The van der Waals surface area contributed by atoms with Crippen LogP contribution in [0.4, 0.5) is 4.79 Å². The molecule has 0 aromatic heterocycles. The molecule has 0 radical (unpaired) electrons. The van der Waals surface area contributed by atoms with Crippen molar-refractivity contribution in [3.8, 4) is 5.75 Å². The molecule has 1 unspecified atom stereocenters. The third-order valence-electron chi connectivity index (χ3n) is 4.85. The minimum absolute atomic E-state index is 0.0647. The third-order valence-corrected chi connectivity index (χ3v) is 5.35. The van der Waals surface area contributed by atoms with Crippen LogP contribution in [0.25, 0.3) is 0 Å². The largest absolute Gasteiger partial charge is 0.484 e. The van der Waals surface area contributed by atoms with Crippen LogP contribution in [0, 0.1) is 5.92 Å². The van der Waals surface area contributed by atoms with Crippen molar-refractivity contribution in [2.75, 3.05) is 32.8 Å². The number of nitrogens with zero attached hydrogens (tertiary/aromatic N) is 1. The number of carbonyl (C=O) groups is 2. The molecule has 0 bridgehead atoms. The van der Waals surface area contributed by atoms with Crippen molar-refractivity contribution >= 4 is 35.2 Å². The lowest BCUT2D eigenvalue weighted by molar-refractivity contribution is -0.123. The number of hydrogen-bond acceptors (Lipinski definition) is 4. The van der Waals surface area contributed by atoms with Crippen LogP contribution in [-0.2, 0) is 16.0 Å². The zero-order chi connectivity index (χ0) is 21.3. The van der Waals surface area contributed by atoms with Crippen molar-refractivity contribution in [1.29, 1.82) is 0 Å². The van der Waals surface area contributed by atoms with Crippen molar-refractivity contribution in [3.05, 3.63) is 64.1 Å². The number of benzene rings is 2. The van der Waals surface area contributed by atoms with E-state index in [2.05, 4.69) is 5.32 Å². The zero-order valence-corrected chi connectivity index (χ0v) is 18.0. The Hall–Kier alpha value is -2.44. The number of halogens is 2. The Morgan fingerprint density at radius 2 is 1.70 bits per heavy atom. The molecule has 1 aliphatic rings. The van der Waals surface area contributed by atoms with Gasteiger partial charge in [0.15, 0.2) is 6.61 Å². The Balaban J connectivity index is 1.30. The summed E-state index contributed by atoms with van der Waals surface area (Å²) in [5.41, 5.74) is 1.06. The molecule has 1 atom stereocenters. The van der Waals surface area contributed by atoms with Crippen molar-refractivity contribution < 1.29 is 19.1 Å². The highest BCUT2D eigenvalue weighted by atomic mass is 35.5. The van der Waals surface area contributed by atoms with E-state index in [0.717, 1.165) is 12.0 Å². The number of nitrogens with one attached hydrogen (secondary N) is 1. The summed E-state index contributed by atoms with van der Waals surface area (Å²) in [6.45, 7) is 1.95. The standard InChI is InChI=1S/C22H24Cl2N2O4/c23-18-3-1-16(2-4-18)10-12-29-22(28)26-11-9-17(14-26)13-25-21(27)15-30-20-7-5-19(24)6-8-20/h1-8,17H,9-15H2,(H,25,27). The van der Waals surface area contributed by atoms with Gasteiger partial charge in [0.05, 0.1) is 6.61 Å². The molecule has 1 saturated heterocycles. The number of rotatable bonds is 8. The number of amides is 2. The molecular formula is C22H24Cl2N2O4. The van der Waals surface area contributed by atoms with E-state index in [1.807, 2.05) is 24.3 Å². The molecule has 30 heavy (non-hydrogen) atoms. The van der Waals surface area contributed by atoms with Gasteiger partial charge in [-0.1, -0.05) is 35.3 Å². The van der Waals surface area contributed by atoms with Gasteiger partial charge >= 0.3 is 6.09 Å². The minimum Gasteiger partial charge on any atom is -0.484 e. The summed E-state index contributed by atoms with van der Waals surface area (Å²) in [4.78, 5) is 25.9. The quantitative estimate of drug-likeness (QED) is 0.654. The highest BCUT2D eigenvalue weighted by molar-refractivity contribution is 6.30. The van der Waals surface area contributed by atoms with E-state index >= 15 is 0 Å². The molecule has 1 fully saturated rings. The van der Waals surface area contributed by atoms with Crippen LogP contribution in [-0.4, -0.2) is 49.7 Å². The summed E-state index contributed by atoms with van der Waals surface area (Å²) in [5.74, 6) is 0.588. The third kappa shape index (κ3) is 7.11. The van der Waals surface area contributed by atoms with Crippen LogP contribution in [0.1, 0.15) is 12.0 Å². The molecule has 160 valence electrons. The highest BCUT2D eigenvalue weighted by Gasteiger charge is 2.27. The number of carbonyl (C=O) groups excluding carboxylic acids is 2. The first-order valence-corrected chi connectivity index (χ1v) is 10.6. The lowest BCUT2D eigenvalue weighted by Crippen LogP contribution is -2.35. The monoisotopic (exact) mass is 450 g/mol. The Bertz CT molecular complexity index is 843. The van der Waals surface area contributed by atoms with E-state index in [0.29, 0.717) is 48.5 Å². The first-order chi connectivity index (χ1) is 14.5. The Kier molecular flexibility index (Phi) is 8.22. The van der Waals surface area contributed by atoms with Gasteiger partial charge in [-0.15, -0.1) is 0 Å². The molecule has 8 heteroatoms. The first kappa shape index (κ1) is 22.2. The van der Waals surface area contributed by atoms with Gasteiger partial charge < -0.3 is 19.7 Å². The summed E-state index contributed by atoms with van der Waals surface area (Å²) in [5, 5.41) is 4.15. The SMILES string of the molecule is O=C(COc1ccc(Cl)cc1)NCC1CCN(C(=O)OCCc2ccc(Cl)cc2)C1. The van der Waals surface area contributed by atoms with Crippen molar-refractivity contribution in [1.82, 2.24) is 10.2 Å². The summed E-state index contributed by atoms with van der Waals surface area (Å²) in [6, 6.07) is 14.3. The van der Waals surface area contributed by atoms with Crippen LogP contribution >= 0.6 is 23.2 Å². The molecule has 1 N–H and O–H groups in total. The second-order valence-electron chi connectivity index (χ2n) is 7.14. The maximum Gasteiger partial charge on any atom is 0.409 e. The van der Waals surface area contributed by atoms with E-state index in [9.17, 15) is 9.59 Å². The van der Waals surface area contributed by atoms with Crippen LogP contribution < -0.4 is 10.1 Å². The summed E-state index contributed by atoms with van der Waals surface area (Å²) < 4.78 is 10.8. The molecule has 1 aliphatic heterocycles. The first-order valence-electron chi connectivity index (χ1n) is 9.81. The average molecular weight is 451 g/mol. The lowest BCUT2D eigenvalue weighted by Gasteiger charge is -2.17. The molecule has 3 rings (SSSR count). The Morgan fingerprint density at radius 3 is 2.40 bits per heavy atom. The normalized spacial score (nSPS) is 15.7. The van der Waals surface area contributed by atoms with E-state index < -0.39 is 0 Å². The topological polar surface area (TPSA) is 67.9 Å². The minimum atomic E-state index is -0.316. The lowest BCUT2D eigenvalue weighted by atomic mass is 10.1. The van der Waals surface area contributed by atoms with Gasteiger partial charge in [0.2, 0.25) is 0 Å². The van der Waals surface area contributed by atoms with Crippen LogP contribution in [0.15, 0.2) is 48.5 Å². The molecule has 6 nitrogen and oxygen atoms in total. The number of ether oxygens (including phenoxy) is 2. The Labute approximate surface area is 186 Å². The summed E-state index contributed by atoms with van der Waals surface area (Å²) in [7, 11) is 0.